The maximum Gasteiger partial charge on any atom is 0.255 e. The van der Waals surface area contributed by atoms with Crippen molar-refractivity contribution in [2.45, 2.75) is 44.7 Å². The van der Waals surface area contributed by atoms with Crippen LogP contribution in [-0.2, 0) is 4.79 Å². The smallest absolute Gasteiger partial charge is 0.255 e. The molecule has 0 aliphatic heterocycles. The van der Waals surface area contributed by atoms with Crippen LogP contribution in [-0.4, -0.2) is 46.5 Å². The van der Waals surface area contributed by atoms with E-state index >= 15 is 0 Å². The van der Waals surface area contributed by atoms with Crippen molar-refractivity contribution >= 4 is 23.1 Å². The normalized spacial score (nSPS) is 15.4. The Hall–Kier alpha value is -2.99. The van der Waals surface area contributed by atoms with Crippen LogP contribution in [0.2, 0.25) is 0 Å². The lowest BCUT2D eigenvalue weighted by molar-refractivity contribution is -0.107. The maximum absolute atomic E-state index is 13.2. The van der Waals surface area contributed by atoms with Gasteiger partial charge in [0, 0.05) is 31.0 Å². The number of nitrogens with zero attached hydrogens (tertiary/aromatic N) is 2. The highest BCUT2D eigenvalue weighted by atomic mass is 16.2. The number of aldehydes is 1. The van der Waals surface area contributed by atoms with E-state index in [2.05, 4.69) is 28.5 Å². The van der Waals surface area contributed by atoms with Crippen molar-refractivity contribution < 1.29 is 9.59 Å². The number of carbonyl (C=O) groups is 2. The van der Waals surface area contributed by atoms with Crippen molar-refractivity contribution in [1.29, 1.82) is 0 Å². The number of aromatic nitrogens is 2. The molecule has 6 heteroatoms. The topological polar surface area (TPSA) is 78.1 Å². The van der Waals surface area contributed by atoms with Crippen LogP contribution in [0.15, 0.2) is 42.6 Å². The van der Waals surface area contributed by atoms with E-state index in [-0.39, 0.29) is 11.6 Å². The summed E-state index contributed by atoms with van der Waals surface area (Å²) < 4.78 is 0. The molecule has 0 radical (unpaired) electrons. The van der Waals surface area contributed by atoms with Crippen LogP contribution in [0.25, 0.3) is 22.0 Å². The fourth-order valence-electron chi connectivity index (χ4n) is 4.61. The van der Waals surface area contributed by atoms with E-state index in [1.54, 1.807) is 0 Å². The second-order valence-electron chi connectivity index (χ2n) is 8.13. The molecule has 0 saturated heterocycles. The Balaban J connectivity index is 1.56. The molecule has 1 saturated carbocycles. The second kappa shape index (κ2) is 8.40. The van der Waals surface area contributed by atoms with E-state index in [4.69, 9.17) is 0 Å². The number of aromatic amines is 1. The molecule has 2 N–H and O–H groups in total. The Bertz CT molecular complexity index is 1050. The summed E-state index contributed by atoms with van der Waals surface area (Å²) >= 11 is 0. The molecule has 156 valence electrons. The largest absolute Gasteiger partial charge is 0.323 e. The first kappa shape index (κ1) is 20.3. The predicted molar refractivity (Wildman–Crippen MR) is 118 cm³/mol. The minimum Gasteiger partial charge on any atom is -0.323 e. The maximum atomic E-state index is 13.2. The summed E-state index contributed by atoms with van der Waals surface area (Å²) in [5, 5.41) is 11.7. The van der Waals surface area contributed by atoms with Gasteiger partial charge in [-0.2, -0.15) is 5.10 Å². The summed E-state index contributed by atoms with van der Waals surface area (Å²) in [5.41, 5.74) is 4.72. The summed E-state index contributed by atoms with van der Waals surface area (Å²) in [4.78, 5) is 25.8. The third-order valence-electron chi connectivity index (χ3n) is 6.43. The van der Waals surface area contributed by atoms with Gasteiger partial charge in [-0.15, -0.1) is 0 Å². The number of amides is 1. The van der Waals surface area contributed by atoms with E-state index in [0.717, 1.165) is 54.0 Å². The van der Waals surface area contributed by atoms with Crippen LogP contribution in [0.4, 0.5) is 0 Å². The first-order valence-electron chi connectivity index (χ1n) is 10.6. The highest BCUT2D eigenvalue weighted by Crippen LogP contribution is 2.34. The van der Waals surface area contributed by atoms with E-state index in [1.807, 2.05) is 48.5 Å². The quantitative estimate of drug-likeness (QED) is 0.354. The average molecular weight is 405 g/mol. The van der Waals surface area contributed by atoms with Crippen molar-refractivity contribution in [3.05, 3.63) is 53.7 Å². The number of H-pyrrole nitrogens is 1. The average Bonchev–Trinajstić information content (AvgIpc) is 3.44. The van der Waals surface area contributed by atoms with Gasteiger partial charge in [0.25, 0.3) is 5.91 Å². The Morgan fingerprint density at radius 2 is 1.93 bits per heavy atom. The number of hydrogen-bond acceptors (Lipinski definition) is 4. The van der Waals surface area contributed by atoms with Gasteiger partial charge in [-0.3, -0.25) is 15.2 Å². The fraction of sp³-hybridized carbons (Fsp3) is 0.375. The highest BCUT2D eigenvalue weighted by Gasteiger charge is 2.39. The number of aryl methyl sites for hydroxylation is 1. The number of rotatable bonds is 7. The second-order valence-corrected chi connectivity index (χ2v) is 8.13. The van der Waals surface area contributed by atoms with Crippen molar-refractivity contribution in [3.8, 4) is 11.1 Å². The van der Waals surface area contributed by atoms with Crippen LogP contribution >= 0.6 is 0 Å². The summed E-state index contributed by atoms with van der Waals surface area (Å²) in [5.74, 6) is 0.00376. The van der Waals surface area contributed by atoms with E-state index in [0.29, 0.717) is 18.5 Å². The summed E-state index contributed by atoms with van der Waals surface area (Å²) in [6.07, 6.45) is 7.21. The molecule has 30 heavy (non-hydrogen) atoms. The first-order valence-corrected chi connectivity index (χ1v) is 10.6. The van der Waals surface area contributed by atoms with Crippen LogP contribution in [0, 0.1) is 6.92 Å². The molecule has 2 aromatic carbocycles. The molecular formula is C24H28N4O2. The van der Waals surface area contributed by atoms with Crippen LogP contribution in [0.5, 0.6) is 0 Å². The van der Waals surface area contributed by atoms with Crippen molar-refractivity contribution in [2.24, 2.45) is 0 Å². The van der Waals surface area contributed by atoms with Crippen LogP contribution in [0.3, 0.4) is 0 Å². The van der Waals surface area contributed by atoms with Crippen molar-refractivity contribution in [3.63, 3.8) is 0 Å². The lowest BCUT2D eigenvalue weighted by Gasteiger charge is -2.40. The molecule has 3 aromatic rings. The van der Waals surface area contributed by atoms with Gasteiger partial charge < -0.3 is 9.69 Å². The molecule has 4 rings (SSSR count). The Morgan fingerprint density at radius 3 is 2.63 bits per heavy atom. The molecule has 1 heterocycles. The van der Waals surface area contributed by atoms with E-state index in [1.165, 1.54) is 5.56 Å². The van der Waals surface area contributed by atoms with Crippen LogP contribution < -0.4 is 5.32 Å². The molecule has 0 spiro atoms. The Morgan fingerprint density at radius 1 is 1.20 bits per heavy atom. The number of benzene rings is 2. The lowest BCUT2D eigenvalue weighted by atomic mass is 9.96. The molecular weight excluding hydrogens is 376 g/mol. The van der Waals surface area contributed by atoms with E-state index in [9.17, 15) is 9.59 Å². The molecule has 6 nitrogen and oxygen atoms in total. The zero-order valence-electron chi connectivity index (χ0n) is 17.6. The summed E-state index contributed by atoms with van der Waals surface area (Å²) in [6.45, 7) is 2.69. The number of hydrogen-bond donors (Lipinski definition) is 2. The summed E-state index contributed by atoms with van der Waals surface area (Å²) in [6, 6.07) is 11.9. The number of fused-ring (bicyclic) bond motifs is 1. The van der Waals surface area contributed by atoms with Gasteiger partial charge >= 0.3 is 0 Å². The van der Waals surface area contributed by atoms with Gasteiger partial charge in [0.1, 0.15) is 6.29 Å². The summed E-state index contributed by atoms with van der Waals surface area (Å²) in [7, 11) is 1.87. The van der Waals surface area contributed by atoms with Gasteiger partial charge in [0.05, 0.1) is 17.4 Å². The molecule has 0 atom stereocenters. The molecule has 1 amide bonds. The van der Waals surface area contributed by atoms with Gasteiger partial charge in [-0.1, -0.05) is 18.2 Å². The Kier molecular flexibility index (Phi) is 5.68. The Labute approximate surface area is 176 Å². The molecule has 1 aliphatic rings. The fourth-order valence-corrected chi connectivity index (χ4v) is 4.61. The number of nitrogens with one attached hydrogen (secondary N) is 2. The first-order chi connectivity index (χ1) is 14.6. The van der Waals surface area contributed by atoms with Gasteiger partial charge in [0.15, 0.2) is 0 Å². The third kappa shape index (κ3) is 3.63. The van der Waals surface area contributed by atoms with Gasteiger partial charge in [-0.05, 0) is 67.5 Å². The molecule has 0 bridgehead atoms. The monoisotopic (exact) mass is 404 g/mol. The molecule has 1 fully saturated rings. The highest BCUT2D eigenvalue weighted by molar-refractivity contribution is 5.95. The van der Waals surface area contributed by atoms with Gasteiger partial charge in [0.2, 0.25) is 0 Å². The molecule has 1 aromatic heterocycles. The van der Waals surface area contributed by atoms with Crippen molar-refractivity contribution in [2.75, 3.05) is 13.6 Å². The minimum absolute atomic E-state index is 0.00376. The van der Waals surface area contributed by atoms with Crippen molar-refractivity contribution in [1.82, 2.24) is 20.4 Å². The predicted octanol–water partition coefficient (Wildman–Crippen LogP) is 4.06. The van der Waals surface area contributed by atoms with E-state index < -0.39 is 0 Å². The SMILES string of the molecule is Cc1c(-c2ccc(C(=O)N(C)C3(NCCC=O)CCCC3)cc2)ccc2[nH]ncc12. The van der Waals surface area contributed by atoms with Gasteiger partial charge in [-0.25, -0.2) is 0 Å². The zero-order valence-corrected chi connectivity index (χ0v) is 17.6. The molecule has 1 aliphatic carbocycles. The molecule has 0 unspecified atom stereocenters. The number of carbonyl (C=O) groups excluding carboxylic acids is 2. The van der Waals surface area contributed by atoms with Crippen LogP contribution in [0.1, 0.15) is 48.0 Å². The third-order valence-corrected chi connectivity index (χ3v) is 6.43. The zero-order chi connectivity index (χ0) is 21.1. The standard InChI is InChI=1S/C24H28N4O2/c1-17-20(10-11-22-21(17)16-26-27-22)18-6-8-19(9-7-18)23(30)28(2)24(12-3-4-13-24)25-14-5-15-29/h6-11,15-16,25H,3-5,12-14H2,1-2H3,(H,26,27). The minimum atomic E-state index is -0.359. The lowest BCUT2D eigenvalue weighted by Crippen LogP contribution is -2.57.